The van der Waals surface area contributed by atoms with Crippen LogP contribution in [-0.4, -0.2) is 15.3 Å². The van der Waals surface area contributed by atoms with Gasteiger partial charge in [-0.3, -0.25) is 0 Å². The van der Waals surface area contributed by atoms with Gasteiger partial charge in [0.1, 0.15) is 11.5 Å². The molecule has 0 aliphatic heterocycles. The molecule has 0 amide bonds. The molecule has 0 unspecified atom stereocenters. The zero-order valence-corrected chi connectivity index (χ0v) is 18.8. The number of hydrogen-bond acceptors (Lipinski definition) is 3. The van der Waals surface area contributed by atoms with Crippen molar-refractivity contribution in [1.82, 2.24) is 0 Å². The summed E-state index contributed by atoms with van der Waals surface area (Å²) in [5, 5.41) is 29.0. The number of hydrogen-bond donors (Lipinski definition) is 3. The summed E-state index contributed by atoms with van der Waals surface area (Å²) in [5.41, 5.74) is 5.54. The standard InChI is InChI=1S/C26H38O3/c1-19(9-6-10-20(2)13-8-14-23(5)27)11-7-12-21(3)15-16-24-18-25(28)17-22(4)26(24)29/h10-11,14-15,17-18,27-29H,6-9,12-13,16H2,1-5H3/b19-11+,20-10+,21-15+,23-14-. The molecule has 3 heteroatoms. The van der Waals surface area contributed by atoms with Crippen molar-refractivity contribution in [3.05, 3.63) is 70.0 Å². The number of aromatic hydroxyl groups is 2. The highest BCUT2D eigenvalue weighted by Crippen LogP contribution is 2.28. The quantitative estimate of drug-likeness (QED) is 0.204. The van der Waals surface area contributed by atoms with Crippen molar-refractivity contribution in [2.24, 2.45) is 0 Å². The summed E-state index contributed by atoms with van der Waals surface area (Å²) in [4.78, 5) is 0. The van der Waals surface area contributed by atoms with Crippen molar-refractivity contribution in [3.63, 3.8) is 0 Å². The third-order valence-electron chi connectivity index (χ3n) is 5.08. The average molecular weight is 399 g/mol. The third kappa shape index (κ3) is 10.6. The number of allylic oxidation sites excluding steroid dienone is 8. The molecule has 0 atom stereocenters. The van der Waals surface area contributed by atoms with Crippen molar-refractivity contribution >= 4 is 0 Å². The Morgan fingerprint density at radius 2 is 1.24 bits per heavy atom. The van der Waals surface area contributed by atoms with Crippen molar-refractivity contribution in [1.29, 1.82) is 0 Å². The zero-order chi connectivity index (χ0) is 21.8. The van der Waals surface area contributed by atoms with Crippen LogP contribution in [0.5, 0.6) is 11.5 Å². The lowest BCUT2D eigenvalue weighted by molar-refractivity contribution is 0.411. The monoisotopic (exact) mass is 398 g/mol. The molecule has 160 valence electrons. The number of rotatable bonds is 11. The van der Waals surface area contributed by atoms with E-state index < -0.39 is 0 Å². The van der Waals surface area contributed by atoms with Gasteiger partial charge >= 0.3 is 0 Å². The molecule has 29 heavy (non-hydrogen) atoms. The second-order valence-electron chi connectivity index (χ2n) is 8.09. The van der Waals surface area contributed by atoms with Gasteiger partial charge < -0.3 is 15.3 Å². The van der Waals surface area contributed by atoms with Gasteiger partial charge in [-0.05, 0) is 103 Å². The highest BCUT2D eigenvalue weighted by atomic mass is 16.3. The van der Waals surface area contributed by atoms with Gasteiger partial charge in [0.2, 0.25) is 0 Å². The predicted molar refractivity (Wildman–Crippen MR) is 124 cm³/mol. The minimum atomic E-state index is 0.198. The van der Waals surface area contributed by atoms with Gasteiger partial charge in [0.05, 0.1) is 5.76 Å². The van der Waals surface area contributed by atoms with Crippen LogP contribution in [0.4, 0.5) is 0 Å². The first-order valence-corrected chi connectivity index (χ1v) is 10.5. The molecule has 0 radical (unpaired) electrons. The van der Waals surface area contributed by atoms with Gasteiger partial charge in [-0.1, -0.05) is 34.9 Å². The van der Waals surface area contributed by atoms with Crippen LogP contribution in [-0.2, 0) is 6.42 Å². The first kappa shape index (κ1) is 24.6. The molecule has 0 saturated heterocycles. The molecule has 0 aliphatic rings. The lowest BCUT2D eigenvalue weighted by Crippen LogP contribution is -1.88. The van der Waals surface area contributed by atoms with Gasteiger partial charge in [0.15, 0.2) is 0 Å². The molecule has 0 fully saturated rings. The summed E-state index contributed by atoms with van der Waals surface area (Å²) in [7, 11) is 0. The number of phenolic OH excluding ortho intramolecular Hbond substituents is 2. The van der Waals surface area contributed by atoms with Crippen LogP contribution in [0.2, 0.25) is 0 Å². The molecule has 0 bridgehead atoms. The lowest BCUT2D eigenvalue weighted by atomic mass is 10.0. The molecule has 3 N–H and O–H groups in total. The topological polar surface area (TPSA) is 60.7 Å². The summed E-state index contributed by atoms with van der Waals surface area (Å²) in [5.74, 6) is 0.868. The SMILES string of the molecule is C/C(O)=C/CC/C(C)=C/CC/C(C)=C/CC/C(C)=C/Cc1cc(O)cc(C)c1O. The van der Waals surface area contributed by atoms with E-state index in [0.29, 0.717) is 17.7 Å². The van der Waals surface area contributed by atoms with Crippen LogP contribution in [0.15, 0.2) is 58.9 Å². The molecule has 1 aromatic carbocycles. The van der Waals surface area contributed by atoms with E-state index >= 15 is 0 Å². The van der Waals surface area contributed by atoms with E-state index in [-0.39, 0.29) is 11.5 Å². The largest absolute Gasteiger partial charge is 0.513 e. The van der Waals surface area contributed by atoms with Crippen LogP contribution in [0, 0.1) is 6.92 Å². The molecule has 0 heterocycles. The molecule has 3 nitrogen and oxygen atoms in total. The van der Waals surface area contributed by atoms with Gasteiger partial charge in [-0.2, -0.15) is 0 Å². The number of benzene rings is 1. The maximum Gasteiger partial charge on any atom is 0.122 e. The van der Waals surface area contributed by atoms with E-state index in [9.17, 15) is 15.3 Å². The van der Waals surface area contributed by atoms with E-state index in [2.05, 4.69) is 39.0 Å². The fraction of sp³-hybridized carbons (Fsp3) is 0.462. The summed E-state index contributed by atoms with van der Waals surface area (Å²) in [6.45, 7) is 9.96. The minimum absolute atomic E-state index is 0.198. The lowest BCUT2D eigenvalue weighted by Gasteiger charge is -2.07. The summed E-state index contributed by atoms with van der Waals surface area (Å²) in [6, 6.07) is 3.21. The molecule has 0 aliphatic carbocycles. The predicted octanol–water partition coefficient (Wildman–Crippen LogP) is 7.59. The average Bonchev–Trinajstić information content (AvgIpc) is 2.63. The fourth-order valence-electron chi connectivity index (χ4n) is 3.18. The second kappa shape index (κ2) is 12.9. The number of aryl methyl sites for hydroxylation is 1. The normalized spacial score (nSPS) is 13.8. The van der Waals surface area contributed by atoms with Gasteiger partial charge in [0.25, 0.3) is 0 Å². The summed E-state index contributed by atoms with van der Waals surface area (Å²) < 4.78 is 0. The first-order valence-electron chi connectivity index (χ1n) is 10.5. The highest BCUT2D eigenvalue weighted by Gasteiger charge is 2.05. The van der Waals surface area contributed by atoms with Crippen molar-refractivity contribution in [2.45, 2.75) is 79.6 Å². The smallest absolute Gasteiger partial charge is 0.122 e. The second-order valence-corrected chi connectivity index (χ2v) is 8.09. The number of aliphatic hydroxyl groups is 1. The van der Waals surface area contributed by atoms with Crippen molar-refractivity contribution < 1.29 is 15.3 Å². The Morgan fingerprint density at radius 3 is 1.76 bits per heavy atom. The zero-order valence-electron chi connectivity index (χ0n) is 18.8. The van der Waals surface area contributed by atoms with Crippen LogP contribution >= 0.6 is 0 Å². The van der Waals surface area contributed by atoms with E-state index in [4.69, 9.17) is 0 Å². The van der Waals surface area contributed by atoms with Crippen molar-refractivity contribution in [2.75, 3.05) is 0 Å². The van der Waals surface area contributed by atoms with Crippen LogP contribution in [0.3, 0.4) is 0 Å². The van der Waals surface area contributed by atoms with Crippen LogP contribution in [0.1, 0.15) is 77.3 Å². The summed E-state index contributed by atoms with van der Waals surface area (Å²) in [6.07, 6.45) is 15.3. The maximum absolute atomic E-state index is 10.1. The maximum atomic E-state index is 10.1. The van der Waals surface area contributed by atoms with E-state index in [1.807, 2.05) is 6.08 Å². The van der Waals surface area contributed by atoms with Gasteiger partial charge in [0, 0.05) is 5.56 Å². The Hall–Kier alpha value is -2.42. The number of phenols is 2. The van der Waals surface area contributed by atoms with Gasteiger partial charge in [-0.15, -0.1) is 0 Å². The van der Waals surface area contributed by atoms with Gasteiger partial charge in [-0.25, -0.2) is 0 Å². The Labute approximate surface area is 176 Å². The van der Waals surface area contributed by atoms with Crippen LogP contribution in [0.25, 0.3) is 0 Å². The van der Waals surface area contributed by atoms with E-state index in [1.54, 1.807) is 26.0 Å². The molecule has 0 saturated carbocycles. The Bertz CT molecular complexity index is 775. The molecular weight excluding hydrogens is 360 g/mol. The number of aliphatic hydroxyl groups excluding tert-OH is 1. The van der Waals surface area contributed by atoms with Crippen molar-refractivity contribution in [3.8, 4) is 11.5 Å². The van der Waals surface area contributed by atoms with Crippen LogP contribution < -0.4 is 0 Å². The Balaban J connectivity index is 2.40. The molecular formula is C26H38O3. The molecule has 0 aromatic heterocycles. The Kier molecular flexibility index (Phi) is 11.0. The highest BCUT2D eigenvalue weighted by molar-refractivity contribution is 5.46. The molecule has 1 aromatic rings. The summed E-state index contributed by atoms with van der Waals surface area (Å²) >= 11 is 0. The third-order valence-corrected chi connectivity index (χ3v) is 5.08. The minimum Gasteiger partial charge on any atom is -0.513 e. The van der Waals surface area contributed by atoms with E-state index in [0.717, 1.165) is 44.1 Å². The molecule has 1 rings (SSSR count). The fourth-order valence-corrected chi connectivity index (χ4v) is 3.18. The first-order chi connectivity index (χ1) is 13.7. The molecule has 0 spiro atoms. The Morgan fingerprint density at radius 1 is 0.759 bits per heavy atom. The van der Waals surface area contributed by atoms with E-state index in [1.165, 1.54) is 16.7 Å².